The molecule has 14 heavy (non-hydrogen) atoms. The summed E-state index contributed by atoms with van der Waals surface area (Å²) in [5.74, 6) is 0.166. The Hall–Kier alpha value is -0.610. The maximum atomic E-state index is 11.9. The molecule has 1 amide bonds. The largest absolute Gasteiger partial charge is 0.389 e. The van der Waals surface area contributed by atoms with Crippen molar-refractivity contribution in [1.82, 2.24) is 4.90 Å². The predicted octanol–water partition coefficient (Wildman–Crippen LogP) is -0.293. The van der Waals surface area contributed by atoms with Gasteiger partial charge >= 0.3 is 0 Å². The van der Waals surface area contributed by atoms with E-state index in [2.05, 4.69) is 0 Å². The van der Waals surface area contributed by atoms with Crippen LogP contribution in [0.5, 0.6) is 0 Å². The summed E-state index contributed by atoms with van der Waals surface area (Å²) in [6.45, 7) is 1.00. The van der Waals surface area contributed by atoms with Crippen LogP contribution in [-0.2, 0) is 4.79 Å². The van der Waals surface area contributed by atoms with Gasteiger partial charge in [-0.2, -0.15) is 0 Å². The highest BCUT2D eigenvalue weighted by atomic mass is 16.3. The van der Waals surface area contributed by atoms with E-state index in [-0.39, 0.29) is 24.0 Å². The van der Waals surface area contributed by atoms with E-state index >= 15 is 0 Å². The first-order valence-corrected chi connectivity index (χ1v) is 5.41. The van der Waals surface area contributed by atoms with Crippen LogP contribution < -0.4 is 5.73 Å². The summed E-state index contributed by atoms with van der Waals surface area (Å²) in [5.41, 5.74) is 5.92. The minimum atomic E-state index is -0.307. The number of carbonyl (C=O) groups excluding carboxylic acids is 1. The number of rotatable bonds is 1. The first kappa shape index (κ1) is 9.93. The molecule has 1 aliphatic carbocycles. The van der Waals surface area contributed by atoms with E-state index in [1.807, 2.05) is 0 Å². The van der Waals surface area contributed by atoms with E-state index in [1.165, 1.54) is 0 Å². The highest BCUT2D eigenvalue weighted by molar-refractivity contribution is 5.80. The van der Waals surface area contributed by atoms with Gasteiger partial charge in [-0.15, -0.1) is 0 Å². The van der Waals surface area contributed by atoms with Crippen LogP contribution in [0, 0.1) is 5.92 Å². The van der Waals surface area contributed by atoms with Crippen molar-refractivity contribution in [3.05, 3.63) is 0 Å². The quantitative estimate of drug-likeness (QED) is 0.608. The maximum Gasteiger partial charge on any atom is 0.227 e. The van der Waals surface area contributed by atoms with Crippen molar-refractivity contribution in [2.75, 3.05) is 13.1 Å². The molecule has 0 aromatic rings. The fourth-order valence-corrected chi connectivity index (χ4v) is 2.34. The number of carbonyl (C=O) groups is 1. The first-order chi connectivity index (χ1) is 6.68. The minimum absolute atomic E-state index is 0.0104. The van der Waals surface area contributed by atoms with Crippen molar-refractivity contribution in [3.8, 4) is 0 Å². The average molecular weight is 198 g/mol. The zero-order chi connectivity index (χ0) is 10.1. The van der Waals surface area contributed by atoms with Gasteiger partial charge in [0.2, 0.25) is 5.91 Å². The molecule has 0 bridgehead atoms. The molecular formula is C10H18N2O2. The third-order valence-corrected chi connectivity index (χ3v) is 3.31. The number of likely N-dealkylation sites (tertiary alicyclic amines) is 1. The van der Waals surface area contributed by atoms with E-state index in [0.29, 0.717) is 13.1 Å². The van der Waals surface area contributed by atoms with E-state index in [4.69, 9.17) is 10.8 Å². The Morgan fingerprint density at radius 2 is 1.93 bits per heavy atom. The van der Waals surface area contributed by atoms with Gasteiger partial charge in [0, 0.05) is 19.1 Å². The lowest BCUT2D eigenvalue weighted by Gasteiger charge is -2.40. The monoisotopic (exact) mass is 198 g/mol. The van der Waals surface area contributed by atoms with Gasteiger partial charge in [-0.25, -0.2) is 0 Å². The summed E-state index contributed by atoms with van der Waals surface area (Å²) in [6, 6.07) is 0.0361. The molecule has 2 fully saturated rings. The lowest BCUT2D eigenvalue weighted by atomic mass is 9.83. The average Bonchev–Trinajstić information content (AvgIpc) is 2.13. The van der Waals surface area contributed by atoms with Gasteiger partial charge in [0.15, 0.2) is 0 Å². The highest BCUT2D eigenvalue weighted by Crippen LogP contribution is 2.26. The molecule has 1 saturated carbocycles. The van der Waals surface area contributed by atoms with E-state index < -0.39 is 0 Å². The summed E-state index contributed by atoms with van der Waals surface area (Å²) in [5, 5.41) is 9.11. The Labute approximate surface area is 84.1 Å². The van der Waals surface area contributed by atoms with Gasteiger partial charge in [0.05, 0.1) is 12.0 Å². The number of nitrogens with zero attached hydrogens (tertiary/aromatic N) is 1. The van der Waals surface area contributed by atoms with Crippen LogP contribution >= 0.6 is 0 Å². The molecule has 2 aliphatic rings. The second-order valence-corrected chi connectivity index (χ2v) is 4.45. The number of nitrogens with two attached hydrogens (primary N) is 1. The predicted molar refractivity (Wildman–Crippen MR) is 52.5 cm³/mol. The van der Waals surface area contributed by atoms with Crippen LogP contribution in [-0.4, -0.2) is 41.1 Å². The number of aliphatic hydroxyl groups excluding tert-OH is 1. The molecule has 1 heterocycles. The molecule has 0 spiro atoms. The highest BCUT2D eigenvalue weighted by Gasteiger charge is 2.36. The second-order valence-electron chi connectivity index (χ2n) is 4.45. The Morgan fingerprint density at radius 1 is 1.29 bits per heavy atom. The third kappa shape index (κ3) is 1.77. The normalized spacial score (nSPS) is 34.0. The molecule has 2 unspecified atom stereocenters. The summed E-state index contributed by atoms with van der Waals surface area (Å²) >= 11 is 0. The summed E-state index contributed by atoms with van der Waals surface area (Å²) in [7, 11) is 0. The smallest absolute Gasteiger partial charge is 0.227 e. The molecule has 0 aromatic heterocycles. The van der Waals surface area contributed by atoms with Crippen molar-refractivity contribution in [1.29, 1.82) is 0 Å². The standard InChI is InChI=1S/C10H18N2O2/c11-9-4-2-1-3-8(9)10(14)12-5-7(13)6-12/h7-9,13H,1-6,11H2. The van der Waals surface area contributed by atoms with Gasteiger partial charge in [-0.3, -0.25) is 4.79 Å². The third-order valence-electron chi connectivity index (χ3n) is 3.31. The zero-order valence-corrected chi connectivity index (χ0v) is 8.35. The summed E-state index contributed by atoms with van der Waals surface area (Å²) in [6.07, 6.45) is 3.84. The fraction of sp³-hybridized carbons (Fsp3) is 0.900. The van der Waals surface area contributed by atoms with Crippen molar-refractivity contribution in [2.45, 2.75) is 37.8 Å². The molecule has 2 atom stereocenters. The van der Waals surface area contributed by atoms with E-state index in [0.717, 1.165) is 25.7 Å². The Bertz CT molecular complexity index is 226. The molecule has 4 nitrogen and oxygen atoms in total. The van der Waals surface area contributed by atoms with Crippen LogP contribution in [0.4, 0.5) is 0 Å². The van der Waals surface area contributed by atoms with E-state index in [1.54, 1.807) is 4.90 Å². The van der Waals surface area contributed by atoms with Crippen molar-refractivity contribution < 1.29 is 9.90 Å². The SMILES string of the molecule is NC1CCCCC1C(=O)N1CC(O)C1. The van der Waals surface area contributed by atoms with Gasteiger partial charge < -0.3 is 15.7 Å². The topological polar surface area (TPSA) is 66.6 Å². The van der Waals surface area contributed by atoms with Gasteiger partial charge in [0.1, 0.15) is 0 Å². The van der Waals surface area contributed by atoms with Crippen LogP contribution in [0.1, 0.15) is 25.7 Å². The Balaban J connectivity index is 1.90. The zero-order valence-electron chi connectivity index (χ0n) is 8.35. The number of β-amino-alcohol motifs (C(OH)–C–C–N with tert-alkyl or cyclic N) is 1. The van der Waals surface area contributed by atoms with Crippen molar-refractivity contribution in [2.24, 2.45) is 11.7 Å². The maximum absolute atomic E-state index is 11.9. The van der Waals surface area contributed by atoms with Crippen LogP contribution in [0.25, 0.3) is 0 Å². The van der Waals surface area contributed by atoms with Crippen molar-refractivity contribution in [3.63, 3.8) is 0 Å². The van der Waals surface area contributed by atoms with Crippen molar-refractivity contribution >= 4 is 5.91 Å². The molecule has 4 heteroatoms. The van der Waals surface area contributed by atoms with Gasteiger partial charge in [-0.05, 0) is 12.8 Å². The summed E-state index contributed by atoms with van der Waals surface area (Å²) in [4.78, 5) is 13.6. The number of aliphatic hydroxyl groups is 1. The lowest BCUT2D eigenvalue weighted by molar-refractivity contribution is -0.147. The van der Waals surface area contributed by atoms with Gasteiger partial charge in [0.25, 0.3) is 0 Å². The van der Waals surface area contributed by atoms with Crippen LogP contribution in [0.2, 0.25) is 0 Å². The second kappa shape index (κ2) is 3.87. The Morgan fingerprint density at radius 3 is 2.50 bits per heavy atom. The van der Waals surface area contributed by atoms with E-state index in [9.17, 15) is 4.79 Å². The Kier molecular flexibility index (Phi) is 2.74. The number of hydrogen-bond acceptors (Lipinski definition) is 3. The fourth-order valence-electron chi connectivity index (χ4n) is 2.34. The lowest BCUT2D eigenvalue weighted by Crippen LogP contribution is -2.57. The minimum Gasteiger partial charge on any atom is -0.389 e. The molecule has 2 rings (SSSR count). The van der Waals surface area contributed by atoms with Gasteiger partial charge in [-0.1, -0.05) is 12.8 Å². The molecule has 0 radical (unpaired) electrons. The molecular weight excluding hydrogens is 180 g/mol. The molecule has 3 N–H and O–H groups in total. The number of hydrogen-bond donors (Lipinski definition) is 2. The molecule has 80 valence electrons. The number of amides is 1. The first-order valence-electron chi connectivity index (χ1n) is 5.41. The molecule has 1 aliphatic heterocycles. The van der Waals surface area contributed by atoms with Crippen LogP contribution in [0.15, 0.2) is 0 Å². The molecule has 0 aromatic carbocycles. The van der Waals surface area contributed by atoms with Crippen LogP contribution in [0.3, 0.4) is 0 Å². The summed E-state index contributed by atoms with van der Waals surface area (Å²) < 4.78 is 0. The molecule has 1 saturated heterocycles.